The topological polar surface area (TPSA) is 106 Å². The van der Waals surface area contributed by atoms with Gasteiger partial charge in [0.05, 0.1) is 19.0 Å². The number of aromatic carboxylic acids is 1. The molecule has 0 saturated heterocycles. The van der Waals surface area contributed by atoms with E-state index in [2.05, 4.69) is 9.71 Å². The van der Waals surface area contributed by atoms with Crippen LogP contribution in [0.1, 0.15) is 15.2 Å². The van der Waals surface area contributed by atoms with Crippen LogP contribution in [0.25, 0.3) is 0 Å². The Labute approximate surface area is 125 Å². The standard InChI is InChI=1S/C12H12N2O5S2/c1-7-5-10(20-11(7)12(15)16)21(17,18)14-8-3-4-9(19-2)13-6-8/h3-6,14H,1-2H3,(H,15,16). The van der Waals surface area contributed by atoms with Crippen LogP contribution in [-0.4, -0.2) is 31.6 Å². The van der Waals surface area contributed by atoms with Gasteiger partial charge in [-0.05, 0) is 24.6 Å². The van der Waals surface area contributed by atoms with E-state index >= 15 is 0 Å². The average molecular weight is 328 g/mol. The number of ether oxygens (including phenoxy) is 1. The molecule has 0 atom stereocenters. The van der Waals surface area contributed by atoms with Crippen LogP contribution < -0.4 is 9.46 Å². The third-order valence-corrected chi connectivity index (χ3v) is 5.63. The first-order valence-corrected chi connectivity index (χ1v) is 8.00. The van der Waals surface area contributed by atoms with Crippen LogP contribution in [0.5, 0.6) is 5.88 Å². The van der Waals surface area contributed by atoms with E-state index in [4.69, 9.17) is 9.84 Å². The molecule has 0 radical (unpaired) electrons. The minimum Gasteiger partial charge on any atom is -0.481 e. The number of methoxy groups -OCH3 is 1. The molecule has 112 valence electrons. The number of aryl methyl sites for hydroxylation is 1. The fourth-order valence-corrected chi connectivity index (χ4v) is 3.99. The molecular formula is C12H12N2O5S2. The number of hydrogen-bond donors (Lipinski definition) is 2. The summed E-state index contributed by atoms with van der Waals surface area (Å²) in [7, 11) is -2.39. The van der Waals surface area contributed by atoms with Crippen molar-refractivity contribution in [2.24, 2.45) is 0 Å². The Kier molecular flexibility index (Phi) is 4.14. The minimum atomic E-state index is -3.84. The Balaban J connectivity index is 2.29. The monoisotopic (exact) mass is 328 g/mol. The van der Waals surface area contributed by atoms with E-state index in [0.717, 1.165) is 0 Å². The van der Waals surface area contributed by atoms with Crippen LogP contribution in [0, 0.1) is 6.92 Å². The Morgan fingerprint density at radius 3 is 2.62 bits per heavy atom. The molecule has 0 amide bonds. The van der Waals surface area contributed by atoms with Crippen LogP contribution in [0.15, 0.2) is 28.6 Å². The molecule has 2 heterocycles. The summed E-state index contributed by atoms with van der Waals surface area (Å²) in [6.45, 7) is 1.55. The second kappa shape index (κ2) is 5.70. The summed E-state index contributed by atoms with van der Waals surface area (Å²) >= 11 is 0.706. The Morgan fingerprint density at radius 2 is 2.14 bits per heavy atom. The summed E-state index contributed by atoms with van der Waals surface area (Å²) in [4.78, 5) is 14.9. The van der Waals surface area contributed by atoms with Crippen molar-refractivity contribution in [2.45, 2.75) is 11.1 Å². The summed E-state index contributed by atoms with van der Waals surface area (Å²) in [6.07, 6.45) is 1.31. The zero-order chi connectivity index (χ0) is 15.6. The highest BCUT2D eigenvalue weighted by molar-refractivity contribution is 7.94. The Bertz CT molecular complexity index is 765. The van der Waals surface area contributed by atoms with Gasteiger partial charge < -0.3 is 9.84 Å². The van der Waals surface area contributed by atoms with Crippen LogP contribution in [0.2, 0.25) is 0 Å². The molecule has 2 rings (SSSR count). The normalized spacial score (nSPS) is 11.1. The van der Waals surface area contributed by atoms with E-state index in [0.29, 0.717) is 22.8 Å². The molecule has 7 nitrogen and oxygen atoms in total. The molecule has 2 aromatic rings. The van der Waals surface area contributed by atoms with Crippen molar-refractivity contribution in [3.63, 3.8) is 0 Å². The molecule has 2 N–H and O–H groups in total. The molecule has 0 aromatic carbocycles. The van der Waals surface area contributed by atoms with Gasteiger partial charge in [0.1, 0.15) is 9.09 Å². The zero-order valence-electron chi connectivity index (χ0n) is 11.2. The highest BCUT2D eigenvalue weighted by Gasteiger charge is 2.21. The molecule has 0 aliphatic carbocycles. The number of carboxylic acids is 1. The first kappa shape index (κ1) is 15.3. The molecule has 0 spiro atoms. The number of carbonyl (C=O) groups is 1. The number of sulfonamides is 1. The van der Waals surface area contributed by atoms with Crippen LogP contribution in [0.4, 0.5) is 5.69 Å². The van der Waals surface area contributed by atoms with Gasteiger partial charge >= 0.3 is 5.97 Å². The molecule has 9 heteroatoms. The van der Waals surface area contributed by atoms with E-state index in [1.807, 2.05) is 0 Å². The highest BCUT2D eigenvalue weighted by atomic mass is 32.2. The van der Waals surface area contributed by atoms with E-state index in [1.165, 1.54) is 31.5 Å². The van der Waals surface area contributed by atoms with Gasteiger partial charge in [-0.15, -0.1) is 11.3 Å². The third-order valence-electron chi connectivity index (χ3n) is 2.55. The number of hydrogen-bond acceptors (Lipinski definition) is 6. The largest absolute Gasteiger partial charge is 0.481 e. The van der Waals surface area contributed by atoms with Crippen molar-refractivity contribution < 1.29 is 23.1 Å². The van der Waals surface area contributed by atoms with Crippen LogP contribution in [-0.2, 0) is 10.0 Å². The fourth-order valence-electron chi connectivity index (χ4n) is 1.56. The maximum absolute atomic E-state index is 12.2. The Morgan fingerprint density at radius 1 is 1.43 bits per heavy atom. The molecule has 0 aliphatic rings. The number of rotatable bonds is 5. The molecule has 21 heavy (non-hydrogen) atoms. The zero-order valence-corrected chi connectivity index (χ0v) is 12.8. The summed E-state index contributed by atoms with van der Waals surface area (Å²) in [5.74, 6) is -0.789. The lowest BCUT2D eigenvalue weighted by atomic mass is 10.3. The molecule has 2 aromatic heterocycles. The van der Waals surface area contributed by atoms with E-state index in [-0.39, 0.29) is 14.8 Å². The number of carboxylic acid groups (broad SMARTS) is 1. The highest BCUT2D eigenvalue weighted by Crippen LogP contribution is 2.27. The lowest BCUT2D eigenvalue weighted by molar-refractivity contribution is 0.0701. The summed E-state index contributed by atoms with van der Waals surface area (Å²) < 4.78 is 31.5. The second-order valence-electron chi connectivity index (χ2n) is 4.08. The quantitative estimate of drug-likeness (QED) is 0.869. The van der Waals surface area contributed by atoms with E-state index < -0.39 is 16.0 Å². The summed E-state index contributed by atoms with van der Waals surface area (Å²) in [6, 6.07) is 4.34. The molecule has 0 aliphatic heterocycles. The van der Waals surface area contributed by atoms with Crippen molar-refractivity contribution in [1.29, 1.82) is 0 Å². The van der Waals surface area contributed by atoms with Gasteiger partial charge in [0.15, 0.2) is 0 Å². The fraction of sp³-hybridized carbons (Fsp3) is 0.167. The van der Waals surface area contributed by atoms with Crippen molar-refractivity contribution in [2.75, 3.05) is 11.8 Å². The van der Waals surface area contributed by atoms with Gasteiger partial charge in [-0.25, -0.2) is 18.2 Å². The number of aromatic nitrogens is 1. The number of nitrogens with zero attached hydrogens (tertiary/aromatic N) is 1. The van der Waals surface area contributed by atoms with Gasteiger partial charge in [-0.1, -0.05) is 0 Å². The number of pyridine rings is 1. The van der Waals surface area contributed by atoms with Crippen molar-refractivity contribution in [1.82, 2.24) is 4.98 Å². The average Bonchev–Trinajstić information content (AvgIpc) is 2.82. The van der Waals surface area contributed by atoms with Gasteiger partial charge in [0.25, 0.3) is 10.0 Å². The maximum Gasteiger partial charge on any atom is 0.346 e. The summed E-state index contributed by atoms with van der Waals surface area (Å²) in [5, 5.41) is 8.96. The SMILES string of the molecule is COc1ccc(NS(=O)(=O)c2cc(C)c(C(=O)O)s2)cn1. The number of anilines is 1. The smallest absolute Gasteiger partial charge is 0.346 e. The van der Waals surface area contributed by atoms with Crippen LogP contribution >= 0.6 is 11.3 Å². The van der Waals surface area contributed by atoms with E-state index in [1.54, 1.807) is 6.92 Å². The molecular weight excluding hydrogens is 316 g/mol. The lowest BCUT2D eigenvalue weighted by Gasteiger charge is -2.06. The maximum atomic E-state index is 12.2. The number of thiophene rings is 1. The van der Waals surface area contributed by atoms with Gasteiger partial charge in [-0.2, -0.15) is 0 Å². The third kappa shape index (κ3) is 3.31. The molecule has 0 saturated carbocycles. The predicted molar refractivity (Wildman–Crippen MR) is 77.6 cm³/mol. The van der Waals surface area contributed by atoms with Crippen LogP contribution in [0.3, 0.4) is 0 Å². The van der Waals surface area contributed by atoms with Crippen molar-refractivity contribution in [3.8, 4) is 5.88 Å². The van der Waals surface area contributed by atoms with Crippen molar-refractivity contribution >= 4 is 33.0 Å². The second-order valence-corrected chi connectivity index (χ2v) is 7.04. The predicted octanol–water partition coefficient (Wildman–Crippen LogP) is 1.96. The van der Waals surface area contributed by atoms with Gasteiger partial charge in [-0.3, -0.25) is 4.72 Å². The Hall–Kier alpha value is -2.13. The first-order chi connectivity index (χ1) is 9.83. The minimum absolute atomic E-state index is 0.00299. The molecule has 0 fully saturated rings. The first-order valence-electron chi connectivity index (χ1n) is 5.70. The van der Waals surface area contributed by atoms with E-state index in [9.17, 15) is 13.2 Å². The molecule has 0 unspecified atom stereocenters. The number of nitrogens with one attached hydrogen (secondary N) is 1. The lowest BCUT2D eigenvalue weighted by Crippen LogP contribution is -2.11. The summed E-state index contributed by atoms with van der Waals surface area (Å²) in [5.41, 5.74) is 0.666. The van der Waals surface area contributed by atoms with Crippen molar-refractivity contribution in [3.05, 3.63) is 34.8 Å². The molecule has 0 bridgehead atoms. The van der Waals surface area contributed by atoms with Gasteiger partial charge in [0.2, 0.25) is 5.88 Å². The van der Waals surface area contributed by atoms with Gasteiger partial charge in [0, 0.05) is 6.07 Å².